The van der Waals surface area contributed by atoms with Crippen molar-refractivity contribution < 1.29 is 19.1 Å². The molecule has 2 amide bonds. The number of halogens is 1. The number of hydrazone groups is 1. The van der Waals surface area contributed by atoms with Crippen molar-refractivity contribution in [2.75, 3.05) is 18.5 Å². The highest BCUT2D eigenvalue weighted by Gasteiger charge is 2.13. The summed E-state index contributed by atoms with van der Waals surface area (Å²) in [5.41, 5.74) is 3.22. The second kappa shape index (κ2) is 10.2. The predicted octanol–water partition coefficient (Wildman–Crippen LogP) is 3.23. The first kappa shape index (κ1) is 20.3. The first-order valence-electron chi connectivity index (χ1n) is 8.33. The van der Waals surface area contributed by atoms with E-state index in [1.165, 1.54) is 12.3 Å². The second-order valence-corrected chi connectivity index (χ2v) is 5.67. The van der Waals surface area contributed by atoms with Crippen LogP contribution in [0, 0.1) is 0 Å². The van der Waals surface area contributed by atoms with Gasteiger partial charge in [0.05, 0.1) is 19.4 Å². The summed E-state index contributed by atoms with van der Waals surface area (Å²) < 4.78 is 11.0. The van der Waals surface area contributed by atoms with Crippen molar-refractivity contribution in [1.29, 1.82) is 0 Å². The van der Waals surface area contributed by atoms with Gasteiger partial charge in [-0.15, -0.1) is 0 Å². The lowest BCUT2D eigenvalue weighted by molar-refractivity contribution is -0.136. The molecule has 0 saturated heterocycles. The lowest BCUT2D eigenvalue weighted by Gasteiger charge is -2.10. The van der Waals surface area contributed by atoms with Gasteiger partial charge in [-0.1, -0.05) is 17.7 Å². The average molecular weight is 390 g/mol. The van der Waals surface area contributed by atoms with Crippen LogP contribution in [0.4, 0.5) is 5.69 Å². The van der Waals surface area contributed by atoms with Gasteiger partial charge < -0.3 is 14.8 Å². The minimum Gasteiger partial charge on any atom is -0.494 e. The molecule has 0 fully saturated rings. The van der Waals surface area contributed by atoms with Gasteiger partial charge in [-0.2, -0.15) is 5.10 Å². The van der Waals surface area contributed by atoms with E-state index in [4.69, 9.17) is 21.1 Å². The largest absolute Gasteiger partial charge is 0.494 e. The van der Waals surface area contributed by atoms with Gasteiger partial charge in [0.25, 0.3) is 0 Å². The van der Waals surface area contributed by atoms with Crippen molar-refractivity contribution in [3.05, 3.63) is 53.1 Å². The molecule has 2 rings (SSSR count). The molecule has 2 aromatic rings. The highest BCUT2D eigenvalue weighted by Crippen LogP contribution is 2.24. The van der Waals surface area contributed by atoms with Crippen molar-refractivity contribution in [3.63, 3.8) is 0 Å². The average Bonchev–Trinajstić information content (AvgIpc) is 2.64. The van der Waals surface area contributed by atoms with Crippen LogP contribution < -0.4 is 20.2 Å². The van der Waals surface area contributed by atoms with E-state index in [1.807, 2.05) is 13.8 Å². The van der Waals surface area contributed by atoms with E-state index in [2.05, 4.69) is 15.8 Å². The molecule has 0 heterocycles. The number of ether oxygens (including phenoxy) is 2. The van der Waals surface area contributed by atoms with E-state index in [0.717, 1.165) is 0 Å². The monoisotopic (exact) mass is 389 g/mol. The number of carbonyl (C=O) groups is 2. The van der Waals surface area contributed by atoms with Gasteiger partial charge in [0.1, 0.15) is 11.5 Å². The first-order chi connectivity index (χ1) is 13.0. The highest BCUT2D eigenvalue weighted by molar-refractivity contribution is 6.39. The predicted molar refractivity (Wildman–Crippen MR) is 105 cm³/mol. The summed E-state index contributed by atoms with van der Waals surface area (Å²) in [5.74, 6) is -0.533. The van der Waals surface area contributed by atoms with Crippen molar-refractivity contribution in [2.45, 2.75) is 13.8 Å². The lowest BCUT2D eigenvalue weighted by Crippen LogP contribution is -2.32. The fraction of sp³-hybridized carbons (Fsp3) is 0.211. The van der Waals surface area contributed by atoms with E-state index in [9.17, 15) is 9.59 Å². The Hall–Kier alpha value is -3.06. The molecule has 0 bridgehead atoms. The summed E-state index contributed by atoms with van der Waals surface area (Å²) in [6, 6.07) is 11.7. The number of anilines is 1. The molecule has 0 spiro atoms. The number of nitrogens with zero attached hydrogens (tertiary/aromatic N) is 1. The molecule has 0 aliphatic carbocycles. The zero-order valence-electron chi connectivity index (χ0n) is 15.0. The Kier molecular flexibility index (Phi) is 7.63. The maximum atomic E-state index is 11.9. The molecule has 2 N–H and O–H groups in total. The SMILES string of the molecule is CCOc1ccc(/C=N\NC(=O)C(=O)Nc2cccc(Cl)c2)c(OCC)c1. The van der Waals surface area contributed by atoms with Crippen LogP contribution in [0.1, 0.15) is 19.4 Å². The van der Waals surface area contributed by atoms with E-state index in [0.29, 0.717) is 41.0 Å². The third kappa shape index (κ3) is 6.31. The minimum absolute atomic E-state index is 0.414. The smallest absolute Gasteiger partial charge is 0.329 e. The van der Waals surface area contributed by atoms with Gasteiger partial charge in [0.2, 0.25) is 0 Å². The van der Waals surface area contributed by atoms with Crippen molar-refractivity contribution in [3.8, 4) is 11.5 Å². The Bertz CT molecular complexity index is 839. The Morgan fingerprint density at radius 1 is 1.07 bits per heavy atom. The molecule has 8 heteroatoms. The normalized spacial score (nSPS) is 10.5. The maximum absolute atomic E-state index is 11.9. The van der Waals surface area contributed by atoms with Crippen LogP contribution in [0.2, 0.25) is 5.02 Å². The van der Waals surface area contributed by atoms with Gasteiger partial charge in [-0.25, -0.2) is 5.43 Å². The molecule has 27 heavy (non-hydrogen) atoms. The van der Waals surface area contributed by atoms with Gasteiger partial charge in [-0.3, -0.25) is 9.59 Å². The molecule has 0 unspecified atom stereocenters. The van der Waals surface area contributed by atoms with E-state index in [1.54, 1.807) is 36.4 Å². The standard InChI is InChI=1S/C19H20ClN3O4/c1-3-26-16-9-8-13(17(11-16)27-4-2)12-21-23-19(25)18(24)22-15-7-5-6-14(20)10-15/h5-12H,3-4H2,1-2H3,(H,22,24)(H,23,25)/b21-12-. The lowest BCUT2D eigenvalue weighted by atomic mass is 10.2. The van der Waals surface area contributed by atoms with Crippen molar-refractivity contribution >= 4 is 35.3 Å². The summed E-state index contributed by atoms with van der Waals surface area (Å²) in [6.45, 7) is 4.75. The van der Waals surface area contributed by atoms with Crippen LogP contribution >= 0.6 is 11.6 Å². The third-order valence-corrected chi connectivity index (χ3v) is 3.49. The van der Waals surface area contributed by atoms with Gasteiger partial charge in [-0.05, 0) is 44.2 Å². The highest BCUT2D eigenvalue weighted by atomic mass is 35.5. The van der Waals surface area contributed by atoms with Crippen LogP contribution in [-0.4, -0.2) is 31.2 Å². The third-order valence-electron chi connectivity index (χ3n) is 3.25. The molecule has 0 aliphatic rings. The number of nitrogens with one attached hydrogen (secondary N) is 2. The number of carbonyl (C=O) groups excluding carboxylic acids is 2. The van der Waals surface area contributed by atoms with Crippen LogP contribution in [0.15, 0.2) is 47.6 Å². The second-order valence-electron chi connectivity index (χ2n) is 5.23. The molecule has 0 atom stereocenters. The molecule has 0 radical (unpaired) electrons. The minimum atomic E-state index is -0.907. The Balaban J connectivity index is 1.99. The Labute approximate surface area is 162 Å². The number of rotatable bonds is 7. The van der Waals surface area contributed by atoms with Gasteiger partial charge in [0, 0.05) is 22.3 Å². The number of hydrogen-bond donors (Lipinski definition) is 2. The van der Waals surface area contributed by atoms with E-state index >= 15 is 0 Å². The summed E-state index contributed by atoms with van der Waals surface area (Å²) in [6.07, 6.45) is 1.39. The van der Waals surface area contributed by atoms with Gasteiger partial charge in [0.15, 0.2) is 0 Å². The Morgan fingerprint density at radius 3 is 2.56 bits per heavy atom. The summed E-state index contributed by atoms with van der Waals surface area (Å²) >= 11 is 5.83. The first-order valence-corrected chi connectivity index (χ1v) is 8.70. The summed E-state index contributed by atoms with van der Waals surface area (Å²) in [5, 5.41) is 6.69. The number of benzene rings is 2. The van der Waals surface area contributed by atoms with Crippen molar-refractivity contribution in [1.82, 2.24) is 5.43 Å². The molecule has 2 aromatic carbocycles. The summed E-state index contributed by atoms with van der Waals surface area (Å²) in [7, 11) is 0. The number of hydrogen-bond acceptors (Lipinski definition) is 5. The van der Waals surface area contributed by atoms with Crippen LogP contribution in [0.25, 0.3) is 0 Å². The summed E-state index contributed by atoms with van der Waals surface area (Å²) in [4.78, 5) is 23.7. The molecule has 0 aliphatic heterocycles. The van der Waals surface area contributed by atoms with E-state index in [-0.39, 0.29) is 0 Å². The molecule has 0 aromatic heterocycles. The molecular weight excluding hydrogens is 370 g/mol. The quantitative estimate of drug-likeness (QED) is 0.432. The van der Waals surface area contributed by atoms with Crippen LogP contribution in [0.3, 0.4) is 0 Å². The topological polar surface area (TPSA) is 89.0 Å². The van der Waals surface area contributed by atoms with Crippen LogP contribution in [-0.2, 0) is 9.59 Å². The van der Waals surface area contributed by atoms with E-state index < -0.39 is 11.8 Å². The molecular formula is C19H20ClN3O4. The molecule has 0 saturated carbocycles. The van der Waals surface area contributed by atoms with Gasteiger partial charge >= 0.3 is 11.8 Å². The molecule has 142 valence electrons. The maximum Gasteiger partial charge on any atom is 0.329 e. The number of amides is 2. The van der Waals surface area contributed by atoms with Crippen molar-refractivity contribution in [2.24, 2.45) is 5.10 Å². The zero-order valence-corrected chi connectivity index (χ0v) is 15.7. The van der Waals surface area contributed by atoms with Crippen LogP contribution in [0.5, 0.6) is 11.5 Å². The fourth-order valence-corrected chi connectivity index (χ4v) is 2.31. The molecule has 7 nitrogen and oxygen atoms in total. The fourth-order valence-electron chi connectivity index (χ4n) is 2.12. The Morgan fingerprint density at radius 2 is 1.85 bits per heavy atom. The zero-order chi connectivity index (χ0) is 19.6.